The SMILES string of the molecule is NC(=O)CCc1nnc(SCC(=O)NCC(F)(F)F)n1Cc1ccco1. The van der Waals surface area contributed by atoms with Gasteiger partial charge < -0.3 is 15.5 Å². The summed E-state index contributed by atoms with van der Waals surface area (Å²) in [5, 5.41) is 10.0. The van der Waals surface area contributed by atoms with Crippen molar-refractivity contribution in [1.29, 1.82) is 0 Å². The van der Waals surface area contributed by atoms with Gasteiger partial charge in [0, 0.05) is 12.8 Å². The second-order valence-corrected chi connectivity index (χ2v) is 6.15. The van der Waals surface area contributed by atoms with Crippen molar-refractivity contribution in [3.63, 3.8) is 0 Å². The number of nitrogens with two attached hydrogens (primary N) is 1. The zero-order chi connectivity index (χ0) is 19.2. The van der Waals surface area contributed by atoms with E-state index in [1.807, 2.05) is 0 Å². The van der Waals surface area contributed by atoms with Gasteiger partial charge in [-0.3, -0.25) is 14.2 Å². The number of halogens is 3. The van der Waals surface area contributed by atoms with Gasteiger partial charge in [-0.1, -0.05) is 11.8 Å². The van der Waals surface area contributed by atoms with Gasteiger partial charge in [0.05, 0.1) is 18.6 Å². The summed E-state index contributed by atoms with van der Waals surface area (Å²) < 4.78 is 43.2. The Morgan fingerprint density at radius 3 is 2.73 bits per heavy atom. The molecule has 142 valence electrons. The lowest BCUT2D eigenvalue weighted by molar-refractivity contribution is -0.136. The third-order valence-electron chi connectivity index (χ3n) is 3.10. The predicted octanol–water partition coefficient (Wildman–Crippen LogP) is 1.11. The second kappa shape index (κ2) is 8.74. The highest BCUT2D eigenvalue weighted by Crippen LogP contribution is 2.20. The molecule has 3 N–H and O–H groups in total. The van der Waals surface area contributed by atoms with Gasteiger partial charge in [-0.05, 0) is 12.1 Å². The predicted molar refractivity (Wildman–Crippen MR) is 85.1 cm³/mol. The Labute approximate surface area is 150 Å². The molecule has 2 aromatic heterocycles. The molecule has 2 amide bonds. The molecule has 0 radical (unpaired) electrons. The summed E-state index contributed by atoms with van der Waals surface area (Å²) in [5.41, 5.74) is 5.14. The maximum absolute atomic E-state index is 12.1. The van der Waals surface area contributed by atoms with Crippen LogP contribution < -0.4 is 11.1 Å². The van der Waals surface area contributed by atoms with Crippen LogP contribution in [-0.2, 0) is 22.6 Å². The number of primary amides is 1. The molecule has 0 aromatic carbocycles. The van der Waals surface area contributed by atoms with E-state index >= 15 is 0 Å². The molecule has 2 rings (SSSR count). The molecule has 0 aliphatic heterocycles. The molecule has 8 nitrogen and oxygen atoms in total. The van der Waals surface area contributed by atoms with E-state index in [0.29, 0.717) is 16.7 Å². The number of nitrogens with zero attached hydrogens (tertiary/aromatic N) is 3. The van der Waals surface area contributed by atoms with Crippen LogP contribution in [-0.4, -0.2) is 45.1 Å². The van der Waals surface area contributed by atoms with Crippen LogP contribution in [0.5, 0.6) is 0 Å². The van der Waals surface area contributed by atoms with Crippen molar-refractivity contribution in [1.82, 2.24) is 20.1 Å². The van der Waals surface area contributed by atoms with Crippen molar-refractivity contribution in [3.8, 4) is 0 Å². The number of furan rings is 1. The first-order valence-electron chi connectivity index (χ1n) is 7.43. The van der Waals surface area contributed by atoms with Crippen LogP contribution >= 0.6 is 11.8 Å². The number of alkyl halides is 3. The lowest BCUT2D eigenvalue weighted by Crippen LogP contribution is -2.34. The summed E-state index contributed by atoms with van der Waals surface area (Å²) >= 11 is 0.935. The largest absolute Gasteiger partial charge is 0.467 e. The molecule has 0 aliphatic rings. The van der Waals surface area contributed by atoms with Gasteiger partial charge in [0.25, 0.3) is 0 Å². The minimum absolute atomic E-state index is 0.0625. The quantitative estimate of drug-likeness (QED) is 0.619. The van der Waals surface area contributed by atoms with Gasteiger partial charge in [-0.2, -0.15) is 13.2 Å². The highest BCUT2D eigenvalue weighted by Gasteiger charge is 2.27. The fourth-order valence-corrected chi connectivity index (χ4v) is 2.73. The number of rotatable bonds is 9. The van der Waals surface area contributed by atoms with E-state index in [4.69, 9.17) is 10.2 Å². The van der Waals surface area contributed by atoms with Gasteiger partial charge in [-0.25, -0.2) is 0 Å². The normalized spacial score (nSPS) is 11.5. The third kappa shape index (κ3) is 6.43. The van der Waals surface area contributed by atoms with Gasteiger partial charge in [0.15, 0.2) is 5.16 Å². The topological polar surface area (TPSA) is 116 Å². The van der Waals surface area contributed by atoms with Crippen LogP contribution in [0.1, 0.15) is 18.0 Å². The van der Waals surface area contributed by atoms with Crippen LogP contribution in [0.3, 0.4) is 0 Å². The fourth-order valence-electron chi connectivity index (χ4n) is 1.94. The molecular weight excluding hydrogens is 375 g/mol. The molecular formula is C14H16F3N5O3S. The first kappa shape index (κ1) is 19.8. The number of carbonyl (C=O) groups is 2. The lowest BCUT2D eigenvalue weighted by Gasteiger charge is -2.09. The number of carbonyl (C=O) groups excluding carboxylic acids is 2. The summed E-state index contributed by atoms with van der Waals surface area (Å²) in [6.45, 7) is -1.14. The second-order valence-electron chi connectivity index (χ2n) is 5.21. The Morgan fingerprint density at radius 2 is 2.12 bits per heavy atom. The van der Waals surface area contributed by atoms with E-state index in [1.54, 1.807) is 22.0 Å². The van der Waals surface area contributed by atoms with Gasteiger partial charge >= 0.3 is 6.18 Å². The summed E-state index contributed by atoms with van der Waals surface area (Å²) in [4.78, 5) is 22.5. The van der Waals surface area contributed by atoms with E-state index in [9.17, 15) is 22.8 Å². The number of nitrogens with one attached hydrogen (secondary N) is 1. The average Bonchev–Trinajstić information content (AvgIpc) is 3.19. The maximum atomic E-state index is 12.1. The Bertz CT molecular complexity index is 746. The number of thioether (sulfide) groups is 1. The highest BCUT2D eigenvalue weighted by atomic mass is 32.2. The number of aryl methyl sites for hydroxylation is 1. The molecule has 0 spiro atoms. The summed E-state index contributed by atoms with van der Waals surface area (Å²) in [6, 6.07) is 3.42. The van der Waals surface area contributed by atoms with Crippen molar-refractivity contribution in [2.75, 3.05) is 12.3 Å². The highest BCUT2D eigenvalue weighted by molar-refractivity contribution is 7.99. The molecule has 0 bridgehead atoms. The van der Waals surface area contributed by atoms with Crippen LogP contribution in [0.4, 0.5) is 13.2 Å². The fraction of sp³-hybridized carbons (Fsp3) is 0.429. The lowest BCUT2D eigenvalue weighted by atomic mass is 10.3. The van der Waals surface area contributed by atoms with Crippen molar-refractivity contribution in [2.45, 2.75) is 30.7 Å². The summed E-state index contributed by atoms with van der Waals surface area (Å²) in [7, 11) is 0. The molecule has 0 fully saturated rings. The van der Waals surface area contributed by atoms with E-state index in [0.717, 1.165) is 11.8 Å². The van der Waals surface area contributed by atoms with Crippen molar-refractivity contribution < 1.29 is 27.2 Å². The van der Waals surface area contributed by atoms with E-state index < -0.39 is 24.5 Å². The third-order valence-corrected chi connectivity index (χ3v) is 4.07. The zero-order valence-corrected chi connectivity index (χ0v) is 14.3. The van der Waals surface area contributed by atoms with E-state index in [1.165, 1.54) is 6.26 Å². The molecule has 2 heterocycles. The Balaban J connectivity index is 2.04. The Hall–Kier alpha value is -2.50. The minimum Gasteiger partial charge on any atom is -0.467 e. The zero-order valence-electron chi connectivity index (χ0n) is 13.5. The number of hydrogen-bond donors (Lipinski definition) is 2. The van der Waals surface area contributed by atoms with Crippen LogP contribution in [0.25, 0.3) is 0 Å². The number of amides is 2. The van der Waals surface area contributed by atoms with E-state index in [2.05, 4.69) is 10.2 Å². The molecule has 12 heteroatoms. The first-order valence-corrected chi connectivity index (χ1v) is 8.42. The van der Waals surface area contributed by atoms with Crippen molar-refractivity contribution >= 4 is 23.6 Å². The number of aromatic nitrogens is 3. The van der Waals surface area contributed by atoms with Crippen LogP contribution in [0.2, 0.25) is 0 Å². The van der Waals surface area contributed by atoms with Crippen LogP contribution in [0.15, 0.2) is 28.0 Å². The molecule has 0 saturated heterocycles. The van der Waals surface area contributed by atoms with E-state index in [-0.39, 0.29) is 25.1 Å². The van der Waals surface area contributed by atoms with Gasteiger partial charge in [0.1, 0.15) is 18.1 Å². The van der Waals surface area contributed by atoms with Gasteiger partial charge in [0.2, 0.25) is 11.8 Å². The molecule has 0 aliphatic carbocycles. The molecule has 0 unspecified atom stereocenters. The molecule has 26 heavy (non-hydrogen) atoms. The molecule has 0 atom stereocenters. The summed E-state index contributed by atoms with van der Waals surface area (Å²) in [6.07, 6.45) is -2.68. The maximum Gasteiger partial charge on any atom is 0.405 e. The monoisotopic (exact) mass is 391 g/mol. The minimum atomic E-state index is -4.47. The summed E-state index contributed by atoms with van der Waals surface area (Å²) in [5.74, 6) is -0.494. The standard InChI is InChI=1S/C14H16F3N5O3S/c15-14(16,17)8-19-12(24)7-26-13-21-20-11(4-3-10(18)23)22(13)6-9-2-1-5-25-9/h1-2,5H,3-4,6-8H2,(H2,18,23)(H,19,24). The first-order chi connectivity index (χ1) is 12.2. The number of hydrogen-bond acceptors (Lipinski definition) is 6. The Morgan fingerprint density at radius 1 is 1.35 bits per heavy atom. The van der Waals surface area contributed by atoms with Crippen molar-refractivity contribution in [2.24, 2.45) is 5.73 Å². The molecule has 2 aromatic rings. The molecule has 0 saturated carbocycles. The van der Waals surface area contributed by atoms with Gasteiger partial charge in [-0.15, -0.1) is 10.2 Å². The van der Waals surface area contributed by atoms with Crippen molar-refractivity contribution in [3.05, 3.63) is 30.0 Å². The van der Waals surface area contributed by atoms with Crippen LogP contribution in [0, 0.1) is 0 Å². The smallest absolute Gasteiger partial charge is 0.405 e. The average molecular weight is 391 g/mol. The Kier molecular flexibility index (Phi) is 6.66.